The van der Waals surface area contributed by atoms with Crippen molar-refractivity contribution < 1.29 is 9.53 Å². The maximum absolute atomic E-state index is 12.9. The lowest BCUT2D eigenvalue weighted by Crippen LogP contribution is -2.47. The molecule has 0 bridgehead atoms. The number of rotatable bonds is 10. The highest BCUT2D eigenvalue weighted by Gasteiger charge is 2.40. The summed E-state index contributed by atoms with van der Waals surface area (Å²) in [5.74, 6) is 0.819. The Morgan fingerprint density at radius 1 is 0.757 bits per heavy atom. The summed E-state index contributed by atoms with van der Waals surface area (Å²) >= 11 is 0. The SMILES string of the molecule is C=C/C=C(\C=C/C)C(=O)c1ccc(C(C)(C)C(C)(C)Oc2ccc(C(C)(C)c3ccccc3)cc2)cc1. The van der Waals surface area contributed by atoms with E-state index in [-0.39, 0.29) is 16.6 Å². The van der Waals surface area contributed by atoms with E-state index in [4.69, 9.17) is 4.74 Å². The molecule has 192 valence electrons. The van der Waals surface area contributed by atoms with Crippen LogP contribution in [0.1, 0.15) is 75.5 Å². The average molecular weight is 493 g/mol. The number of ketones is 1. The van der Waals surface area contributed by atoms with Crippen LogP contribution in [0.2, 0.25) is 0 Å². The van der Waals surface area contributed by atoms with Crippen LogP contribution < -0.4 is 4.74 Å². The van der Waals surface area contributed by atoms with E-state index in [0.717, 1.165) is 11.3 Å². The van der Waals surface area contributed by atoms with E-state index in [1.807, 2.05) is 49.4 Å². The summed E-state index contributed by atoms with van der Waals surface area (Å²) in [4.78, 5) is 12.9. The fourth-order valence-electron chi connectivity index (χ4n) is 4.45. The largest absolute Gasteiger partial charge is 0.487 e. The third-order valence-corrected chi connectivity index (χ3v) is 7.72. The molecule has 3 aromatic carbocycles. The quantitative estimate of drug-likeness (QED) is 0.160. The van der Waals surface area contributed by atoms with Crippen LogP contribution in [0.4, 0.5) is 0 Å². The lowest BCUT2D eigenvalue weighted by molar-refractivity contribution is 0.0357. The van der Waals surface area contributed by atoms with Gasteiger partial charge in [-0.3, -0.25) is 4.79 Å². The van der Waals surface area contributed by atoms with Crippen molar-refractivity contribution in [1.82, 2.24) is 0 Å². The first-order chi connectivity index (χ1) is 17.4. The molecule has 0 saturated heterocycles. The predicted octanol–water partition coefficient (Wildman–Crippen LogP) is 9.02. The van der Waals surface area contributed by atoms with Crippen LogP contribution in [0.3, 0.4) is 0 Å². The van der Waals surface area contributed by atoms with Crippen molar-refractivity contribution in [3.05, 3.63) is 138 Å². The average Bonchev–Trinajstić information content (AvgIpc) is 2.88. The fourth-order valence-corrected chi connectivity index (χ4v) is 4.45. The van der Waals surface area contributed by atoms with Crippen molar-refractivity contribution >= 4 is 5.78 Å². The molecule has 0 spiro atoms. The maximum atomic E-state index is 12.9. The van der Waals surface area contributed by atoms with Crippen LogP contribution in [0.5, 0.6) is 5.75 Å². The Labute approximate surface area is 223 Å². The molecule has 0 saturated carbocycles. The Bertz CT molecular complexity index is 1270. The van der Waals surface area contributed by atoms with Crippen molar-refractivity contribution in [1.29, 1.82) is 0 Å². The Morgan fingerprint density at radius 2 is 1.30 bits per heavy atom. The Hall–Kier alpha value is -3.65. The minimum atomic E-state index is -0.506. The second-order valence-electron chi connectivity index (χ2n) is 11.0. The van der Waals surface area contributed by atoms with Crippen LogP contribution in [-0.2, 0) is 10.8 Å². The van der Waals surface area contributed by atoms with Gasteiger partial charge in [0.1, 0.15) is 11.4 Å². The van der Waals surface area contributed by atoms with Crippen molar-refractivity contribution in [2.24, 2.45) is 0 Å². The molecule has 0 unspecified atom stereocenters. The van der Waals surface area contributed by atoms with E-state index in [1.165, 1.54) is 11.1 Å². The highest BCUT2D eigenvalue weighted by molar-refractivity contribution is 6.10. The van der Waals surface area contributed by atoms with Gasteiger partial charge in [0.15, 0.2) is 5.78 Å². The summed E-state index contributed by atoms with van der Waals surface area (Å²) < 4.78 is 6.58. The summed E-state index contributed by atoms with van der Waals surface area (Å²) in [7, 11) is 0. The van der Waals surface area contributed by atoms with E-state index in [0.29, 0.717) is 11.1 Å². The Balaban J connectivity index is 1.80. The van der Waals surface area contributed by atoms with Crippen LogP contribution in [0.15, 0.2) is 115 Å². The smallest absolute Gasteiger partial charge is 0.193 e. The highest BCUT2D eigenvalue weighted by atomic mass is 16.5. The van der Waals surface area contributed by atoms with Crippen LogP contribution in [0, 0.1) is 0 Å². The van der Waals surface area contributed by atoms with E-state index in [1.54, 1.807) is 12.2 Å². The normalized spacial score (nSPS) is 13.0. The number of allylic oxidation sites excluding steroid dienone is 5. The molecule has 3 aromatic rings. The van der Waals surface area contributed by atoms with Gasteiger partial charge in [0.05, 0.1) is 0 Å². The van der Waals surface area contributed by atoms with Crippen molar-refractivity contribution in [2.75, 3.05) is 0 Å². The molecule has 3 rings (SSSR count). The molecule has 2 nitrogen and oxygen atoms in total. The van der Waals surface area contributed by atoms with Gasteiger partial charge in [0.25, 0.3) is 0 Å². The molecule has 2 heteroatoms. The van der Waals surface area contributed by atoms with Gasteiger partial charge in [-0.05, 0) is 49.6 Å². The van der Waals surface area contributed by atoms with E-state index in [9.17, 15) is 4.79 Å². The summed E-state index contributed by atoms with van der Waals surface area (Å²) in [6.07, 6.45) is 7.05. The molecule has 0 N–H and O–H groups in total. The molecule has 0 aliphatic carbocycles. The number of hydrogen-bond acceptors (Lipinski definition) is 2. The Morgan fingerprint density at radius 3 is 1.84 bits per heavy atom. The van der Waals surface area contributed by atoms with Crippen LogP contribution >= 0.6 is 0 Å². The summed E-state index contributed by atoms with van der Waals surface area (Å²) in [5, 5.41) is 0. The second kappa shape index (κ2) is 11.2. The molecule has 0 amide bonds. The van der Waals surface area contributed by atoms with Gasteiger partial charge >= 0.3 is 0 Å². The fraction of sp³-hybridized carbons (Fsp3) is 0.286. The minimum Gasteiger partial charge on any atom is -0.487 e. The third kappa shape index (κ3) is 6.02. The van der Waals surface area contributed by atoms with Gasteiger partial charge in [-0.2, -0.15) is 0 Å². The molecule has 0 aliphatic heterocycles. The molecule has 0 atom stereocenters. The van der Waals surface area contributed by atoms with Gasteiger partial charge in [0, 0.05) is 22.0 Å². The number of ether oxygens (including phenoxy) is 1. The zero-order valence-corrected chi connectivity index (χ0v) is 23.3. The van der Waals surface area contributed by atoms with Crippen molar-refractivity contribution in [3.63, 3.8) is 0 Å². The number of benzene rings is 3. The molecule has 0 heterocycles. The molecule has 0 radical (unpaired) electrons. The first-order valence-corrected chi connectivity index (χ1v) is 12.9. The van der Waals surface area contributed by atoms with Crippen LogP contribution in [0.25, 0.3) is 0 Å². The Kier molecular flexibility index (Phi) is 8.43. The van der Waals surface area contributed by atoms with Crippen molar-refractivity contribution in [2.45, 2.75) is 64.9 Å². The number of carbonyl (C=O) groups excluding carboxylic acids is 1. The standard InChI is InChI=1S/C35H40O2/c1-9-14-26(15-10-2)32(36)27-18-20-30(21-19-27)34(5,6)35(7,8)37-31-24-22-29(23-25-31)33(3,4)28-16-12-11-13-17-28/h9-25H,1H2,2-8H3/b15-10-,26-14+. The monoisotopic (exact) mass is 492 g/mol. The van der Waals surface area contributed by atoms with E-state index >= 15 is 0 Å². The number of hydrogen-bond donors (Lipinski definition) is 0. The molecule has 0 aliphatic rings. The van der Waals surface area contributed by atoms with E-state index < -0.39 is 5.60 Å². The summed E-state index contributed by atoms with van der Waals surface area (Å²) in [6.45, 7) is 18.7. The van der Waals surface area contributed by atoms with Gasteiger partial charge in [-0.15, -0.1) is 0 Å². The topological polar surface area (TPSA) is 26.3 Å². The van der Waals surface area contributed by atoms with Gasteiger partial charge < -0.3 is 4.74 Å². The summed E-state index contributed by atoms with van der Waals surface area (Å²) in [5.41, 5.74) is 3.98. The lowest BCUT2D eigenvalue weighted by atomic mass is 9.71. The maximum Gasteiger partial charge on any atom is 0.193 e. The van der Waals surface area contributed by atoms with Gasteiger partial charge in [0.2, 0.25) is 0 Å². The lowest BCUT2D eigenvalue weighted by Gasteiger charge is -2.42. The first-order valence-electron chi connectivity index (χ1n) is 12.9. The van der Waals surface area contributed by atoms with Gasteiger partial charge in [-0.1, -0.05) is 125 Å². The minimum absolute atomic E-state index is 0.0172. The molecular formula is C35H40O2. The highest BCUT2D eigenvalue weighted by Crippen LogP contribution is 2.39. The molecule has 0 fully saturated rings. The van der Waals surface area contributed by atoms with Crippen LogP contribution in [-0.4, -0.2) is 11.4 Å². The van der Waals surface area contributed by atoms with E-state index in [2.05, 4.69) is 96.7 Å². The summed E-state index contributed by atoms with van der Waals surface area (Å²) in [6, 6.07) is 26.9. The zero-order chi connectivity index (χ0) is 27.3. The molecular weight excluding hydrogens is 452 g/mol. The predicted molar refractivity (Wildman–Crippen MR) is 157 cm³/mol. The first kappa shape index (κ1) is 27.9. The van der Waals surface area contributed by atoms with Crippen molar-refractivity contribution in [3.8, 4) is 5.75 Å². The third-order valence-electron chi connectivity index (χ3n) is 7.72. The molecule has 0 aromatic heterocycles. The number of Topliss-reactive ketones (excluding diaryl/α,β-unsaturated/α-hetero) is 1. The number of carbonyl (C=O) groups is 1. The second-order valence-corrected chi connectivity index (χ2v) is 11.0. The molecule has 37 heavy (non-hydrogen) atoms. The zero-order valence-electron chi connectivity index (χ0n) is 23.3. The van der Waals surface area contributed by atoms with Gasteiger partial charge in [-0.25, -0.2) is 0 Å².